The van der Waals surface area contributed by atoms with E-state index in [-0.39, 0.29) is 6.04 Å². The van der Waals surface area contributed by atoms with E-state index >= 15 is 0 Å². The third-order valence-corrected chi connectivity index (χ3v) is 5.38. The zero-order chi connectivity index (χ0) is 19.8. The van der Waals surface area contributed by atoms with Crippen LogP contribution in [-0.4, -0.2) is 45.0 Å². The van der Waals surface area contributed by atoms with Gasteiger partial charge < -0.3 is 16.0 Å². The lowest BCUT2D eigenvalue weighted by atomic mass is 10.0. The van der Waals surface area contributed by atoms with Gasteiger partial charge in [-0.3, -0.25) is 5.10 Å². The summed E-state index contributed by atoms with van der Waals surface area (Å²) in [5, 5.41) is 20.3. The van der Waals surface area contributed by atoms with Crippen molar-refractivity contribution in [2.45, 2.75) is 13.0 Å². The summed E-state index contributed by atoms with van der Waals surface area (Å²) >= 11 is 0. The normalized spacial score (nSPS) is 17.0. The van der Waals surface area contributed by atoms with E-state index in [1.165, 1.54) is 5.56 Å². The molecule has 0 aliphatic carbocycles. The minimum atomic E-state index is 0.215. The first-order chi connectivity index (χ1) is 14.2. The van der Waals surface area contributed by atoms with Crippen LogP contribution in [0.1, 0.15) is 17.3 Å². The number of anilines is 2. The summed E-state index contributed by atoms with van der Waals surface area (Å²) in [4.78, 5) is 6.97. The number of piperazine rings is 1. The van der Waals surface area contributed by atoms with Crippen LogP contribution in [0.2, 0.25) is 0 Å². The van der Waals surface area contributed by atoms with Gasteiger partial charge in [0.25, 0.3) is 0 Å². The lowest BCUT2D eigenvalue weighted by Gasteiger charge is -2.35. The van der Waals surface area contributed by atoms with Gasteiger partial charge in [-0.2, -0.15) is 5.10 Å². The summed E-state index contributed by atoms with van der Waals surface area (Å²) in [6.07, 6.45) is 0. The number of aromatic amines is 1. The molecule has 1 saturated heterocycles. The highest BCUT2D eigenvalue weighted by molar-refractivity contribution is 5.85. The molecule has 4 N–H and O–H groups in total. The van der Waals surface area contributed by atoms with Gasteiger partial charge in [-0.1, -0.05) is 30.3 Å². The van der Waals surface area contributed by atoms with Crippen LogP contribution in [0.25, 0.3) is 22.3 Å². The van der Waals surface area contributed by atoms with E-state index in [1.54, 1.807) is 0 Å². The Morgan fingerprint density at radius 2 is 1.97 bits per heavy atom. The molecule has 5 rings (SSSR count). The quantitative estimate of drug-likeness (QED) is 0.496. The molecule has 3 heterocycles. The standard InChI is InChI=1S/C21H22N8/c1-13-16-11-15(7-8-17(16)26-25-13)20-24-21(19(22)27-28-20)29-10-9-23-18(12-29)14-5-3-2-4-6-14/h2-8,11,18,23H,9-10,12H2,1H3,(H2,22,27)(H,25,26)/t18-/m0/s1. The molecule has 1 fully saturated rings. The van der Waals surface area contributed by atoms with E-state index in [2.05, 4.69) is 54.9 Å². The van der Waals surface area contributed by atoms with Crippen molar-refractivity contribution in [2.75, 3.05) is 30.3 Å². The fourth-order valence-corrected chi connectivity index (χ4v) is 3.82. The molecule has 0 unspecified atom stereocenters. The summed E-state index contributed by atoms with van der Waals surface area (Å²) in [5.74, 6) is 1.59. The molecule has 146 valence electrons. The smallest absolute Gasteiger partial charge is 0.189 e. The summed E-state index contributed by atoms with van der Waals surface area (Å²) in [5.41, 5.74) is 10.2. The Hall–Kier alpha value is -3.52. The lowest BCUT2D eigenvalue weighted by molar-refractivity contribution is 0.469. The van der Waals surface area contributed by atoms with E-state index < -0.39 is 0 Å². The number of nitrogens with two attached hydrogens (primary N) is 1. The van der Waals surface area contributed by atoms with Gasteiger partial charge in [-0.25, -0.2) is 4.98 Å². The van der Waals surface area contributed by atoms with Gasteiger partial charge in [0.15, 0.2) is 17.5 Å². The van der Waals surface area contributed by atoms with Crippen molar-refractivity contribution in [1.29, 1.82) is 0 Å². The average Bonchev–Trinajstić information content (AvgIpc) is 3.15. The molecule has 0 saturated carbocycles. The molecule has 2 aromatic carbocycles. The van der Waals surface area contributed by atoms with Gasteiger partial charge in [-0.15, -0.1) is 10.2 Å². The molecule has 0 bridgehead atoms. The molecule has 0 spiro atoms. The maximum absolute atomic E-state index is 6.17. The van der Waals surface area contributed by atoms with Gasteiger partial charge in [0, 0.05) is 36.6 Å². The molecule has 1 aliphatic heterocycles. The predicted octanol–water partition coefficient (Wildman–Crippen LogP) is 2.46. The number of nitrogen functional groups attached to an aromatic ring is 1. The number of aryl methyl sites for hydroxylation is 1. The number of hydrogen-bond donors (Lipinski definition) is 3. The zero-order valence-corrected chi connectivity index (χ0v) is 16.1. The highest BCUT2D eigenvalue weighted by atomic mass is 15.3. The average molecular weight is 386 g/mol. The SMILES string of the molecule is Cc1n[nH]c2ccc(-c3nnc(N)c(N4CCN[C@H](c5ccccc5)C4)n3)cc12. The Labute approximate surface area is 168 Å². The van der Waals surface area contributed by atoms with Gasteiger partial charge >= 0.3 is 0 Å². The van der Waals surface area contributed by atoms with Crippen LogP contribution < -0.4 is 16.0 Å². The number of nitrogens with zero attached hydrogens (tertiary/aromatic N) is 5. The summed E-state index contributed by atoms with van der Waals surface area (Å²) in [6, 6.07) is 16.6. The maximum Gasteiger partial charge on any atom is 0.189 e. The Balaban J connectivity index is 1.48. The zero-order valence-electron chi connectivity index (χ0n) is 16.1. The summed E-state index contributed by atoms with van der Waals surface area (Å²) < 4.78 is 0. The monoisotopic (exact) mass is 386 g/mol. The van der Waals surface area contributed by atoms with E-state index in [9.17, 15) is 0 Å². The third-order valence-electron chi connectivity index (χ3n) is 5.38. The number of hydrogen-bond acceptors (Lipinski definition) is 7. The van der Waals surface area contributed by atoms with Gasteiger partial charge in [0.1, 0.15) is 0 Å². The Morgan fingerprint density at radius 1 is 1.10 bits per heavy atom. The molecule has 0 amide bonds. The fraction of sp³-hybridized carbons (Fsp3) is 0.238. The van der Waals surface area contributed by atoms with Crippen molar-refractivity contribution in [3.63, 3.8) is 0 Å². The largest absolute Gasteiger partial charge is 0.379 e. The Bertz CT molecular complexity index is 1150. The number of benzene rings is 2. The molecule has 1 atom stereocenters. The lowest BCUT2D eigenvalue weighted by Crippen LogP contribution is -2.46. The molecule has 4 aromatic rings. The van der Waals surface area contributed by atoms with Crippen molar-refractivity contribution in [3.8, 4) is 11.4 Å². The first-order valence-corrected chi connectivity index (χ1v) is 9.67. The van der Waals surface area contributed by atoms with Crippen LogP contribution in [0.3, 0.4) is 0 Å². The van der Waals surface area contributed by atoms with Crippen molar-refractivity contribution >= 4 is 22.5 Å². The molecule has 29 heavy (non-hydrogen) atoms. The molecule has 8 heteroatoms. The van der Waals surface area contributed by atoms with Crippen molar-refractivity contribution in [3.05, 3.63) is 59.8 Å². The highest BCUT2D eigenvalue weighted by Gasteiger charge is 2.24. The second-order valence-corrected chi connectivity index (χ2v) is 7.28. The van der Waals surface area contributed by atoms with E-state index in [0.29, 0.717) is 17.5 Å². The number of rotatable bonds is 3. The predicted molar refractivity (Wildman–Crippen MR) is 113 cm³/mol. The van der Waals surface area contributed by atoms with Crippen LogP contribution in [0.15, 0.2) is 48.5 Å². The van der Waals surface area contributed by atoms with Crippen molar-refractivity contribution in [1.82, 2.24) is 30.7 Å². The third kappa shape index (κ3) is 3.27. The van der Waals surface area contributed by atoms with Crippen LogP contribution >= 0.6 is 0 Å². The molecule has 1 aliphatic rings. The minimum Gasteiger partial charge on any atom is -0.379 e. The number of aromatic nitrogens is 5. The van der Waals surface area contributed by atoms with Gasteiger partial charge in [-0.05, 0) is 30.7 Å². The summed E-state index contributed by atoms with van der Waals surface area (Å²) in [7, 11) is 0. The fourth-order valence-electron chi connectivity index (χ4n) is 3.82. The Kier molecular flexibility index (Phi) is 4.33. The van der Waals surface area contributed by atoms with Crippen molar-refractivity contribution < 1.29 is 0 Å². The second-order valence-electron chi connectivity index (χ2n) is 7.28. The van der Waals surface area contributed by atoms with E-state index in [0.717, 1.165) is 41.8 Å². The highest BCUT2D eigenvalue weighted by Crippen LogP contribution is 2.28. The van der Waals surface area contributed by atoms with E-state index in [1.807, 2.05) is 31.2 Å². The van der Waals surface area contributed by atoms with Crippen LogP contribution in [0.4, 0.5) is 11.6 Å². The van der Waals surface area contributed by atoms with Gasteiger partial charge in [0.05, 0.1) is 11.2 Å². The first-order valence-electron chi connectivity index (χ1n) is 9.67. The van der Waals surface area contributed by atoms with Gasteiger partial charge in [0.2, 0.25) is 0 Å². The topological polar surface area (TPSA) is 109 Å². The molecule has 8 nitrogen and oxygen atoms in total. The number of fused-ring (bicyclic) bond motifs is 1. The number of nitrogens with one attached hydrogen (secondary N) is 2. The first kappa shape index (κ1) is 17.6. The van der Waals surface area contributed by atoms with Crippen molar-refractivity contribution in [2.24, 2.45) is 0 Å². The molecular weight excluding hydrogens is 364 g/mol. The summed E-state index contributed by atoms with van der Waals surface area (Å²) in [6.45, 7) is 4.40. The van der Waals surface area contributed by atoms with Crippen LogP contribution in [0.5, 0.6) is 0 Å². The molecule has 0 radical (unpaired) electrons. The second kappa shape index (κ2) is 7.14. The molecule has 2 aromatic heterocycles. The maximum atomic E-state index is 6.17. The van der Waals surface area contributed by atoms with Crippen LogP contribution in [0, 0.1) is 6.92 Å². The number of H-pyrrole nitrogens is 1. The Morgan fingerprint density at radius 3 is 2.83 bits per heavy atom. The van der Waals surface area contributed by atoms with Crippen LogP contribution in [-0.2, 0) is 0 Å². The molecular formula is C21H22N8. The van der Waals surface area contributed by atoms with E-state index in [4.69, 9.17) is 10.7 Å². The minimum absolute atomic E-state index is 0.215.